The molecule has 3 aromatic rings. The largest absolute Gasteiger partial charge is 1.00 e. The minimum Gasteiger partial charge on any atom is -0.871 e. The second-order valence-electron chi connectivity index (χ2n) is 6.94. The van der Waals surface area contributed by atoms with Crippen LogP contribution in [0.4, 0.5) is 0 Å². The Kier molecular flexibility index (Phi) is 10.5. The average Bonchev–Trinajstić information content (AvgIpc) is 3.08. The SMILES string of the molecule is O=C1OC2(c3cc([131I])c([O-])c(I)c3Oc3c2cc([131I])c([O-])c3I)c2c(Cl)c(Cl)c(Cl)c(Cl)c21.[Na+].[Na+]. The fourth-order valence-corrected chi connectivity index (χ4v) is 8.55. The number of carbonyl (C=O) groups excluding carboxylic acids is 1. The number of halogens is 8. The van der Waals surface area contributed by atoms with E-state index in [1.54, 1.807) is 12.1 Å². The number of rotatable bonds is 0. The minimum absolute atomic E-state index is 0. The van der Waals surface area contributed by atoms with E-state index in [0.717, 1.165) is 0 Å². The third-order valence-electron chi connectivity index (χ3n) is 5.29. The predicted molar refractivity (Wildman–Crippen MR) is 154 cm³/mol. The molecule has 0 N–H and O–H groups in total. The van der Waals surface area contributed by atoms with Gasteiger partial charge < -0.3 is 19.7 Å². The first kappa shape index (κ1) is 32.1. The summed E-state index contributed by atoms with van der Waals surface area (Å²) in [6.07, 6.45) is 0. The summed E-state index contributed by atoms with van der Waals surface area (Å²) in [6, 6.07) is 3.15. The fourth-order valence-electron chi connectivity index (χ4n) is 3.91. The van der Waals surface area contributed by atoms with E-state index in [1.165, 1.54) is 0 Å². The van der Waals surface area contributed by atoms with Crippen molar-refractivity contribution >= 4 is 143 Å². The van der Waals surface area contributed by atoms with Crippen LogP contribution in [0.1, 0.15) is 27.0 Å². The van der Waals surface area contributed by atoms with Crippen molar-refractivity contribution in [3.63, 3.8) is 0 Å². The van der Waals surface area contributed by atoms with E-state index in [0.29, 0.717) is 18.3 Å². The Balaban J connectivity index is 0.00000171. The van der Waals surface area contributed by atoms with Gasteiger partial charge in [-0.05, 0) is 102 Å². The van der Waals surface area contributed by atoms with Gasteiger partial charge >= 0.3 is 65.1 Å². The summed E-state index contributed by atoms with van der Waals surface area (Å²) in [7, 11) is 0. The summed E-state index contributed by atoms with van der Waals surface area (Å²) in [5.74, 6) is -0.989. The quantitative estimate of drug-likeness (QED) is 0.112. The van der Waals surface area contributed by atoms with Gasteiger partial charge in [-0.25, -0.2) is 4.79 Å². The molecule has 2 aliphatic heterocycles. The standard InChI is InChI=1S/C20H4Cl4I4O5.2Na/c21-9-7-8(10(22)12(24)11(9)23)20(33-19(7)31)3-1-5(25)15(29)13(27)17(3)32-18-4(20)2-6(26)16(30)14(18)28;;/h1-2,29-30H;;/q;2*+1/p-2/i25+4,26+4;;. The van der Waals surface area contributed by atoms with Gasteiger partial charge in [0.2, 0.25) is 0 Å². The average molecular weight is 1030 g/mol. The fraction of sp³-hybridized carbons (Fsp3) is 0.0500. The van der Waals surface area contributed by atoms with Crippen molar-refractivity contribution in [1.82, 2.24) is 0 Å². The molecule has 3 aromatic carbocycles. The van der Waals surface area contributed by atoms with Crippen LogP contribution in [0.15, 0.2) is 12.1 Å². The van der Waals surface area contributed by atoms with Crippen LogP contribution in [-0.4, -0.2) is 5.97 Å². The zero-order valence-corrected chi connectivity index (χ0v) is 32.9. The van der Waals surface area contributed by atoms with Crippen LogP contribution in [0.25, 0.3) is 0 Å². The van der Waals surface area contributed by atoms with E-state index >= 15 is 0 Å². The molecule has 5 nitrogen and oxygen atoms in total. The smallest absolute Gasteiger partial charge is 0.871 e. The van der Waals surface area contributed by atoms with E-state index in [-0.39, 0.29) is 120 Å². The predicted octanol–water partition coefficient (Wildman–Crippen LogP) is 1.44. The van der Waals surface area contributed by atoms with E-state index in [9.17, 15) is 15.0 Å². The number of ether oxygens (including phenoxy) is 2. The van der Waals surface area contributed by atoms with E-state index in [2.05, 4.69) is 0 Å². The Hall–Kier alpha value is 2.61. The number of benzene rings is 3. The molecule has 170 valence electrons. The summed E-state index contributed by atoms with van der Waals surface area (Å²) in [5, 5.41) is 25.2. The van der Waals surface area contributed by atoms with Crippen molar-refractivity contribution in [2.24, 2.45) is 0 Å². The maximum Gasteiger partial charge on any atom is 1.00 e. The first-order valence-corrected chi connectivity index (χ1v) is 14.4. The minimum atomic E-state index is -1.68. The van der Waals surface area contributed by atoms with E-state index in [1.807, 2.05) is 90.4 Å². The molecule has 0 aliphatic carbocycles. The Labute approximate surface area is 317 Å². The molecule has 2 heterocycles. The first-order chi connectivity index (χ1) is 15.4. The Morgan fingerprint density at radius 2 is 1.23 bits per heavy atom. The number of hydrogen-bond acceptors (Lipinski definition) is 5. The van der Waals surface area contributed by atoms with Gasteiger partial charge in [0, 0.05) is 31.0 Å². The maximum absolute atomic E-state index is 13.2. The van der Waals surface area contributed by atoms with Gasteiger partial charge in [-0.1, -0.05) is 57.9 Å². The third-order valence-corrected chi connectivity index (χ3v) is 10.7. The van der Waals surface area contributed by atoms with Gasteiger partial charge in [-0.3, -0.25) is 0 Å². The summed E-state index contributed by atoms with van der Waals surface area (Å²) in [5.41, 5.74) is -0.822. The van der Waals surface area contributed by atoms with Crippen LogP contribution < -0.4 is 74.1 Å². The molecule has 35 heavy (non-hydrogen) atoms. The Morgan fingerprint density at radius 3 is 1.69 bits per heavy atom. The summed E-state index contributed by atoms with van der Waals surface area (Å²) < 4.78 is 13.4. The summed E-state index contributed by atoms with van der Waals surface area (Å²) >= 11 is 33.3. The van der Waals surface area contributed by atoms with Crippen molar-refractivity contribution in [2.75, 3.05) is 0 Å². The summed E-state index contributed by atoms with van der Waals surface area (Å²) in [6.45, 7) is 0. The molecular weight excluding hydrogens is 1020 g/mol. The van der Waals surface area contributed by atoms with Crippen LogP contribution in [0.3, 0.4) is 0 Å². The van der Waals surface area contributed by atoms with Crippen LogP contribution in [0.5, 0.6) is 23.0 Å². The molecule has 1 spiro atoms. The van der Waals surface area contributed by atoms with Gasteiger partial charge in [0.05, 0.1) is 25.7 Å². The zero-order valence-electron chi connectivity index (χ0n) is 17.2. The molecule has 0 fully saturated rings. The normalized spacial score (nSPS) is 14.2. The van der Waals surface area contributed by atoms with Crippen molar-refractivity contribution < 1.29 is 83.6 Å². The molecule has 2 aliphatic rings. The first-order valence-electron chi connectivity index (χ1n) is 8.60. The third kappa shape index (κ3) is 4.60. The molecule has 0 radical (unpaired) electrons. The molecule has 5 rings (SSSR count). The molecule has 0 amide bonds. The second-order valence-corrected chi connectivity index (χ2v) is 12.9. The maximum atomic E-state index is 13.2. The number of carbonyl (C=O) groups is 1. The molecule has 0 aromatic heterocycles. The van der Waals surface area contributed by atoms with E-state index in [4.69, 9.17) is 55.9 Å². The van der Waals surface area contributed by atoms with Crippen molar-refractivity contribution in [1.29, 1.82) is 0 Å². The molecule has 0 bridgehead atoms. The van der Waals surface area contributed by atoms with Crippen LogP contribution in [-0.2, 0) is 10.3 Å². The molecule has 0 saturated carbocycles. The molecular formula is C20H2Cl4I4Na2O5. The second kappa shape index (κ2) is 11.5. The van der Waals surface area contributed by atoms with Crippen LogP contribution in [0.2, 0.25) is 20.1 Å². The van der Waals surface area contributed by atoms with Gasteiger partial charge in [-0.2, -0.15) is 0 Å². The van der Waals surface area contributed by atoms with Gasteiger partial charge in [-0.15, -0.1) is 0 Å². The monoisotopic (exact) mass is 1020 g/mol. The number of hydrogen-bond donors (Lipinski definition) is 0. The van der Waals surface area contributed by atoms with Gasteiger partial charge in [0.25, 0.3) is 0 Å². The summed E-state index contributed by atoms with van der Waals surface area (Å²) in [4.78, 5) is 13.2. The van der Waals surface area contributed by atoms with E-state index < -0.39 is 11.6 Å². The molecule has 15 heteroatoms. The topological polar surface area (TPSA) is 81.7 Å². The molecule has 0 saturated heterocycles. The van der Waals surface area contributed by atoms with Crippen molar-refractivity contribution in [2.45, 2.75) is 5.60 Å². The van der Waals surface area contributed by atoms with Crippen LogP contribution >= 0.6 is 137 Å². The van der Waals surface area contributed by atoms with Gasteiger partial charge in [0.1, 0.15) is 11.5 Å². The molecule has 0 unspecified atom stereocenters. The number of fused-ring (bicyclic) bond motifs is 6. The van der Waals surface area contributed by atoms with Crippen molar-refractivity contribution in [3.05, 3.63) is 68.8 Å². The van der Waals surface area contributed by atoms with Crippen LogP contribution in [0, 0.1) is 14.3 Å². The number of esters is 1. The Morgan fingerprint density at radius 1 is 0.800 bits per heavy atom. The Bertz CT molecular complexity index is 1410. The van der Waals surface area contributed by atoms with Gasteiger partial charge in [0.15, 0.2) is 5.60 Å². The van der Waals surface area contributed by atoms with Crippen molar-refractivity contribution in [3.8, 4) is 23.0 Å². The zero-order chi connectivity index (χ0) is 24.1. The molecule has 0 atom stereocenters.